The van der Waals surface area contributed by atoms with Gasteiger partial charge in [-0.15, -0.1) is 0 Å². The van der Waals surface area contributed by atoms with E-state index >= 15 is 0 Å². The normalized spacial score (nSPS) is 20.0. The second-order valence-electron chi connectivity index (χ2n) is 10.6. The Morgan fingerprint density at radius 3 is 2.32 bits per heavy atom. The van der Waals surface area contributed by atoms with Crippen LogP contribution in [-0.2, 0) is 22.6 Å². The molecule has 0 spiro atoms. The van der Waals surface area contributed by atoms with Crippen LogP contribution >= 0.6 is 11.6 Å². The molecular formula is C30H29ClN2O4. The van der Waals surface area contributed by atoms with E-state index in [0.29, 0.717) is 27.3 Å². The van der Waals surface area contributed by atoms with Crippen LogP contribution in [-0.4, -0.2) is 34.2 Å². The van der Waals surface area contributed by atoms with Gasteiger partial charge in [0.15, 0.2) is 5.72 Å². The number of carbonyl (C=O) groups is 1. The molecule has 2 aliphatic rings. The van der Waals surface area contributed by atoms with Crippen molar-refractivity contribution in [3.63, 3.8) is 0 Å². The van der Waals surface area contributed by atoms with Gasteiger partial charge in [-0.3, -0.25) is 9.69 Å². The molecule has 0 saturated heterocycles. The third-order valence-corrected chi connectivity index (χ3v) is 7.74. The van der Waals surface area contributed by atoms with E-state index in [1.807, 2.05) is 36.4 Å². The quantitative estimate of drug-likeness (QED) is 0.435. The molecule has 1 saturated carbocycles. The summed E-state index contributed by atoms with van der Waals surface area (Å²) >= 11 is 6.23. The molecule has 1 amide bonds. The van der Waals surface area contributed by atoms with Gasteiger partial charge in [0, 0.05) is 33.7 Å². The third-order valence-electron chi connectivity index (χ3n) is 7.49. The molecule has 3 aromatic carbocycles. The van der Waals surface area contributed by atoms with Crippen molar-refractivity contribution in [1.29, 1.82) is 5.26 Å². The van der Waals surface area contributed by atoms with Gasteiger partial charge >= 0.3 is 0 Å². The highest BCUT2D eigenvalue weighted by atomic mass is 35.5. The van der Waals surface area contributed by atoms with Crippen LogP contribution in [0.15, 0.2) is 66.7 Å². The number of rotatable bonds is 8. The molecule has 7 heteroatoms. The van der Waals surface area contributed by atoms with Gasteiger partial charge in [-0.25, -0.2) is 0 Å². The van der Waals surface area contributed by atoms with E-state index in [4.69, 9.17) is 16.3 Å². The predicted octanol–water partition coefficient (Wildman–Crippen LogP) is 5.09. The first-order valence-electron chi connectivity index (χ1n) is 12.3. The number of nitrogens with zero attached hydrogens (tertiary/aromatic N) is 2. The molecule has 5 rings (SSSR count). The number of fused-ring (bicyclic) bond motifs is 1. The number of hydrogen-bond donors (Lipinski definition) is 2. The Morgan fingerprint density at radius 2 is 1.76 bits per heavy atom. The molecule has 0 radical (unpaired) electrons. The summed E-state index contributed by atoms with van der Waals surface area (Å²) in [4.78, 5) is 15.8. The topological polar surface area (TPSA) is 93.8 Å². The lowest BCUT2D eigenvalue weighted by Gasteiger charge is -2.40. The van der Waals surface area contributed by atoms with E-state index in [0.717, 1.165) is 24.0 Å². The summed E-state index contributed by atoms with van der Waals surface area (Å²) in [6.45, 7) is 3.88. The van der Waals surface area contributed by atoms with E-state index < -0.39 is 11.3 Å². The number of carbonyl (C=O) groups excluding carboxylic acids is 1. The molecule has 1 fully saturated rings. The van der Waals surface area contributed by atoms with Crippen molar-refractivity contribution in [3.8, 4) is 6.07 Å². The number of ether oxygens (including phenoxy) is 1. The summed E-state index contributed by atoms with van der Waals surface area (Å²) in [5, 5.41) is 30.4. The minimum absolute atomic E-state index is 0.0117. The lowest BCUT2D eigenvalue weighted by molar-refractivity contribution is -0.128. The van der Waals surface area contributed by atoms with Crippen molar-refractivity contribution in [1.82, 2.24) is 4.90 Å². The van der Waals surface area contributed by atoms with E-state index in [1.54, 1.807) is 49.1 Å². The van der Waals surface area contributed by atoms with Crippen LogP contribution < -0.4 is 0 Å². The second-order valence-corrected chi connectivity index (χ2v) is 11.1. The highest BCUT2D eigenvalue weighted by molar-refractivity contribution is 6.30. The van der Waals surface area contributed by atoms with E-state index in [2.05, 4.69) is 6.07 Å². The maximum Gasteiger partial charge on any atom is 0.257 e. The monoisotopic (exact) mass is 516 g/mol. The largest absolute Gasteiger partial charge is 0.396 e. The molecular weight excluding hydrogens is 488 g/mol. The number of aliphatic hydroxyl groups excluding tert-OH is 1. The van der Waals surface area contributed by atoms with Crippen LogP contribution in [0.2, 0.25) is 5.02 Å². The Kier molecular flexibility index (Phi) is 6.37. The number of aliphatic hydroxyl groups is 2. The Morgan fingerprint density at radius 1 is 1.08 bits per heavy atom. The molecule has 3 aromatic rings. The van der Waals surface area contributed by atoms with Crippen LogP contribution in [0.3, 0.4) is 0 Å². The Balaban J connectivity index is 1.69. The molecule has 1 heterocycles. The molecule has 1 aliphatic carbocycles. The lowest BCUT2D eigenvalue weighted by Crippen LogP contribution is -2.47. The minimum atomic E-state index is -1.27. The fourth-order valence-electron chi connectivity index (χ4n) is 4.89. The average molecular weight is 517 g/mol. The van der Waals surface area contributed by atoms with Crippen LogP contribution in [0.4, 0.5) is 0 Å². The van der Waals surface area contributed by atoms with Crippen LogP contribution in [0.1, 0.15) is 64.9 Å². The molecule has 0 bridgehead atoms. The predicted molar refractivity (Wildman–Crippen MR) is 140 cm³/mol. The summed E-state index contributed by atoms with van der Waals surface area (Å²) in [5.74, 6) is -0.228. The first-order valence-corrected chi connectivity index (χ1v) is 12.7. The summed E-state index contributed by atoms with van der Waals surface area (Å²) in [5.41, 5.74) is 1.15. The standard InChI is InChI=1S/C30H29ClN2O4/c1-28(2,36)23-9-12-26-25(15-23)27(35)33(17-21-5-3-20(16-32)4-6-21)30(26,22-7-10-24(31)11-8-22)37-19-29(18-34)13-14-29/h3-12,15,34,36H,13-14,17-19H2,1-2H3/t30-/m1/s1. The number of halogens is 1. The fourth-order valence-corrected chi connectivity index (χ4v) is 5.02. The zero-order chi connectivity index (χ0) is 26.4. The van der Waals surface area contributed by atoms with Crippen LogP contribution in [0, 0.1) is 16.7 Å². The summed E-state index contributed by atoms with van der Waals surface area (Å²) in [6.07, 6.45) is 1.71. The average Bonchev–Trinajstić information content (AvgIpc) is 3.64. The molecule has 1 aliphatic heterocycles. The molecule has 0 unspecified atom stereocenters. The lowest BCUT2D eigenvalue weighted by atomic mass is 9.89. The number of amides is 1. The fraction of sp³-hybridized carbons (Fsp3) is 0.333. The SMILES string of the molecule is CC(C)(O)c1ccc2c(c1)C(=O)N(Cc1ccc(C#N)cc1)[C@@]2(OCC1(CO)CC1)c1ccc(Cl)cc1. The third kappa shape index (κ3) is 4.54. The van der Waals surface area contributed by atoms with Crippen molar-refractivity contribution in [2.75, 3.05) is 13.2 Å². The van der Waals surface area contributed by atoms with Crippen LogP contribution in [0.25, 0.3) is 0 Å². The van der Waals surface area contributed by atoms with E-state index in [9.17, 15) is 20.3 Å². The summed E-state index contributed by atoms with van der Waals surface area (Å²) in [6, 6.07) is 21.9. The molecule has 37 heavy (non-hydrogen) atoms. The van der Waals surface area contributed by atoms with Gasteiger partial charge < -0.3 is 14.9 Å². The Hall–Kier alpha value is -3.21. The van der Waals surface area contributed by atoms with E-state index in [-0.39, 0.29) is 31.1 Å². The Labute approximate surface area is 221 Å². The smallest absolute Gasteiger partial charge is 0.257 e. The Bertz CT molecular complexity index is 1370. The van der Waals surface area contributed by atoms with E-state index in [1.165, 1.54) is 0 Å². The van der Waals surface area contributed by atoms with Gasteiger partial charge in [0.2, 0.25) is 0 Å². The molecule has 1 atom stereocenters. The highest BCUT2D eigenvalue weighted by Gasteiger charge is 2.54. The maximum atomic E-state index is 14.1. The second kappa shape index (κ2) is 9.27. The van der Waals surface area contributed by atoms with Crippen molar-refractivity contribution in [2.45, 2.75) is 44.6 Å². The summed E-state index contributed by atoms with van der Waals surface area (Å²) in [7, 11) is 0. The highest BCUT2D eigenvalue weighted by Crippen LogP contribution is 2.51. The maximum absolute atomic E-state index is 14.1. The van der Waals surface area contributed by atoms with Crippen LogP contribution in [0.5, 0.6) is 0 Å². The number of nitriles is 1. The van der Waals surface area contributed by atoms with Gasteiger partial charge in [0.1, 0.15) is 0 Å². The van der Waals surface area contributed by atoms with Gasteiger partial charge in [-0.1, -0.05) is 48.0 Å². The summed E-state index contributed by atoms with van der Waals surface area (Å²) < 4.78 is 6.77. The van der Waals surface area contributed by atoms with Gasteiger partial charge in [-0.2, -0.15) is 5.26 Å². The van der Waals surface area contributed by atoms with Crippen molar-refractivity contribution >= 4 is 17.5 Å². The number of hydrogen-bond acceptors (Lipinski definition) is 5. The molecule has 0 aromatic heterocycles. The minimum Gasteiger partial charge on any atom is -0.396 e. The van der Waals surface area contributed by atoms with Crippen molar-refractivity contribution in [2.24, 2.45) is 5.41 Å². The first kappa shape index (κ1) is 25.4. The van der Waals surface area contributed by atoms with Gasteiger partial charge in [-0.05, 0) is 68.1 Å². The molecule has 6 nitrogen and oxygen atoms in total. The zero-order valence-electron chi connectivity index (χ0n) is 20.9. The number of benzene rings is 3. The van der Waals surface area contributed by atoms with Crippen molar-refractivity contribution < 1.29 is 19.7 Å². The zero-order valence-corrected chi connectivity index (χ0v) is 21.6. The molecule has 2 N–H and O–H groups in total. The van der Waals surface area contributed by atoms with Gasteiger partial charge in [0.25, 0.3) is 5.91 Å². The first-order chi connectivity index (χ1) is 17.6. The van der Waals surface area contributed by atoms with Crippen molar-refractivity contribution in [3.05, 3.63) is 105 Å². The van der Waals surface area contributed by atoms with Gasteiger partial charge in [0.05, 0.1) is 30.4 Å². The molecule has 190 valence electrons.